The number of halogens is 1. The first-order valence-electron chi connectivity index (χ1n) is 8.39. The van der Waals surface area contributed by atoms with Crippen LogP contribution in [-0.2, 0) is 14.1 Å². The lowest BCUT2D eigenvalue weighted by Crippen LogP contribution is -2.41. The second kappa shape index (κ2) is 7.47. The largest absolute Gasteiger partial charge is 0.491 e. The van der Waals surface area contributed by atoms with Gasteiger partial charge in [0.05, 0.1) is 11.2 Å². The molecule has 0 radical (unpaired) electrons. The first kappa shape index (κ1) is 20.6. The van der Waals surface area contributed by atoms with Crippen LogP contribution < -0.4 is 0 Å². The Morgan fingerprint density at radius 2 is 1.64 bits per heavy atom. The number of carbonyl (C=O) groups excluding carboxylic acids is 1. The Kier molecular flexibility index (Phi) is 6.15. The predicted molar refractivity (Wildman–Crippen MR) is 108 cm³/mol. The summed E-state index contributed by atoms with van der Waals surface area (Å²) in [5, 5.41) is 0.800. The van der Waals surface area contributed by atoms with Gasteiger partial charge in [-0.05, 0) is 75.8 Å². The van der Waals surface area contributed by atoms with E-state index in [0.29, 0.717) is 5.75 Å². The van der Waals surface area contributed by atoms with Crippen LogP contribution in [0.1, 0.15) is 51.3 Å². The van der Waals surface area contributed by atoms with Gasteiger partial charge in [0, 0.05) is 17.7 Å². The molecule has 1 saturated heterocycles. The summed E-state index contributed by atoms with van der Waals surface area (Å²) < 4.78 is 12.4. The van der Waals surface area contributed by atoms with Crippen LogP contribution in [0.5, 0.6) is 0 Å². The van der Waals surface area contributed by atoms with E-state index in [4.69, 9.17) is 20.9 Å². The van der Waals surface area contributed by atoms with Gasteiger partial charge < -0.3 is 9.31 Å². The summed E-state index contributed by atoms with van der Waals surface area (Å²) in [4.78, 5) is 11.5. The summed E-state index contributed by atoms with van der Waals surface area (Å²) >= 11 is 7.41. The highest BCUT2D eigenvalue weighted by Gasteiger charge is 2.52. The maximum absolute atomic E-state index is 11.5. The van der Waals surface area contributed by atoms with Crippen molar-refractivity contribution < 1.29 is 14.1 Å². The Balaban J connectivity index is 2.42. The van der Waals surface area contributed by atoms with Gasteiger partial charge >= 0.3 is 7.12 Å². The minimum Gasteiger partial charge on any atom is -0.400 e. The first-order valence-corrected chi connectivity index (χ1v) is 9.75. The lowest BCUT2D eigenvalue weighted by atomic mass is 9.77. The number of hydrogen-bond acceptors (Lipinski definition) is 4. The lowest BCUT2D eigenvalue weighted by Gasteiger charge is -2.32. The van der Waals surface area contributed by atoms with E-state index < -0.39 is 18.3 Å². The van der Waals surface area contributed by atoms with E-state index in [1.54, 1.807) is 6.92 Å². The fourth-order valence-corrected chi connectivity index (χ4v) is 3.61. The van der Waals surface area contributed by atoms with Crippen LogP contribution in [0.3, 0.4) is 0 Å². The molecule has 0 amide bonds. The molecule has 1 aromatic carbocycles. The Hall–Kier alpha value is -0.745. The highest BCUT2D eigenvalue weighted by molar-refractivity contribution is 8.13. The Morgan fingerprint density at radius 1 is 1.16 bits per heavy atom. The molecule has 0 unspecified atom stereocenters. The smallest absolute Gasteiger partial charge is 0.400 e. The summed E-state index contributed by atoms with van der Waals surface area (Å²) in [7, 11) is -0.466. The van der Waals surface area contributed by atoms with Crippen LogP contribution >= 0.6 is 23.4 Å². The van der Waals surface area contributed by atoms with Crippen LogP contribution in [-0.4, -0.2) is 29.2 Å². The average Bonchev–Trinajstić information content (AvgIpc) is 2.65. The molecule has 2 rings (SSSR count). The number of rotatable bonds is 4. The third-order valence-corrected chi connectivity index (χ3v) is 5.99. The van der Waals surface area contributed by atoms with Crippen LogP contribution in [0.15, 0.2) is 17.6 Å². The molecule has 25 heavy (non-hydrogen) atoms. The fourth-order valence-electron chi connectivity index (χ4n) is 2.69. The molecule has 1 aromatic rings. The third kappa shape index (κ3) is 4.70. The van der Waals surface area contributed by atoms with Gasteiger partial charge in [-0.15, -0.1) is 0 Å². The molecule has 6 heteroatoms. The van der Waals surface area contributed by atoms with E-state index in [0.717, 1.165) is 27.2 Å². The van der Waals surface area contributed by atoms with Crippen molar-refractivity contribution in [3.63, 3.8) is 0 Å². The molecular formula is C19H26BClO3S. The molecular weight excluding hydrogens is 355 g/mol. The van der Waals surface area contributed by atoms with Crippen molar-refractivity contribution in [3.05, 3.63) is 39.3 Å². The molecule has 3 nitrogen and oxygen atoms in total. The molecule has 0 saturated carbocycles. The van der Waals surface area contributed by atoms with E-state index in [1.807, 2.05) is 53.7 Å². The van der Waals surface area contributed by atoms with Crippen molar-refractivity contribution in [1.82, 2.24) is 0 Å². The summed E-state index contributed by atoms with van der Waals surface area (Å²) in [6, 6.07) is 3.89. The standard InChI is InChI=1S/C19H26BClO3S/c1-12-8-16(21)9-13(2)17(12)10-15(11-25-14(3)22)20-23-18(4,5)19(6,7)24-20/h8-10H,11H2,1-7H3. The Bertz CT molecular complexity index is 674. The minimum absolute atomic E-state index is 0.0759. The van der Waals surface area contributed by atoms with Crippen molar-refractivity contribution >= 4 is 41.7 Å². The van der Waals surface area contributed by atoms with Crippen LogP contribution in [0.25, 0.3) is 6.08 Å². The molecule has 1 aliphatic heterocycles. The summed E-state index contributed by atoms with van der Waals surface area (Å²) in [6.07, 6.45) is 2.08. The first-order chi connectivity index (χ1) is 11.4. The fraction of sp³-hybridized carbons (Fsp3) is 0.526. The highest BCUT2D eigenvalue weighted by atomic mass is 35.5. The van der Waals surface area contributed by atoms with Crippen molar-refractivity contribution in [1.29, 1.82) is 0 Å². The maximum atomic E-state index is 11.5. The van der Waals surface area contributed by atoms with Gasteiger partial charge in [0.2, 0.25) is 0 Å². The number of benzene rings is 1. The van der Waals surface area contributed by atoms with Gasteiger partial charge in [-0.2, -0.15) is 0 Å². The van der Waals surface area contributed by atoms with Gasteiger partial charge in [0.15, 0.2) is 5.12 Å². The van der Waals surface area contributed by atoms with E-state index in [9.17, 15) is 4.79 Å². The molecule has 0 aromatic heterocycles. The molecule has 0 N–H and O–H groups in total. The van der Waals surface area contributed by atoms with E-state index in [-0.39, 0.29) is 5.12 Å². The Morgan fingerprint density at radius 3 is 2.08 bits per heavy atom. The highest BCUT2D eigenvalue weighted by Crippen LogP contribution is 2.39. The molecule has 0 spiro atoms. The maximum Gasteiger partial charge on any atom is 0.491 e. The zero-order valence-corrected chi connectivity index (χ0v) is 17.6. The normalized spacial score (nSPS) is 19.4. The van der Waals surface area contributed by atoms with Gasteiger partial charge in [0.1, 0.15) is 0 Å². The molecule has 1 heterocycles. The number of hydrogen-bond donors (Lipinski definition) is 0. The monoisotopic (exact) mass is 380 g/mol. The van der Waals surface area contributed by atoms with Crippen molar-refractivity contribution in [2.45, 2.75) is 59.7 Å². The molecule has 0 aliphatic carbocycles. The number of thioether (sulfide) groups is 1. The van der Waals surface area contributed by atoms with E-state index >= 15 is 0 Å². The second-order valence-corrected chi connectivity index (χ2v) is 9.13. The van der Waals surface area contributed by atoms with Gasteiger partial charge in [-0.25, -0.2) is 0 Å². The quantitative estimate of drug-likeness (QED) is 0.668. The van der Waals surface area contributed by atoms with E-state index in [2.05, 4.69) is 6.08 Å². The van der Waals surface area contributed by atoms with Gasteiger partial charge in [0.25, 0.3) is 0 Å². The zero-order valence-electron chi connectivity index (χ0n) is 16.0. The molecule has 136 valence electrons. The molecule has 1 aliphatic rings. The number of aryl methyl sites for hydroxylation is 2. The van der Waals surface area contributed by atoms with Gasteiger partial charge in [-0.1, -0.05) is 29.4 Å². The second-order valence-electron chi connectivity index (χ2n) is 7.54. The van der Waals surface area contributed by atoms with Crippen LogP contribution in [0.2, 0.25) is 5.02 Å². The van der Waals surface area contributed by atoms with E-state index in [1.165, 1.54) is 11.8 Å². The number of carbonyl (C=O) groups is 1. The van der Waals surface area contributed by atoms with Crippen LogP contribution in [0.4, 0.5) is 0 Å². The SMILES string of the molecule is CC(=O)SCC(=Cc1c(C)cc(Cl)cc1C)B1OC(C)(C)C(C)(C)O1. The van der Waals surface area contributed by atoms with Gasteiger partial charge in [-0.3, -0.25) is 4.79 Å². The lowest BCUT2D eigenvalue weighted by molar-refractivity contribution is -0.109. The third-order valence-electron chi connectivity index (χ3n) is 4.89. The molecule has 1 fully saturated rings. The van der Waals surface area contributed by atoms with Crippen molar-refractivity contribution in [2.24, 2.45) is 0 Å². The summed E-state index contributed by atoms with van der Waals surface area (Å²) in [6.45, 7) is 13.8. The molecule has 0 atom stereocenters. The zero-order chi connectivity index (χ0) is 19.0. The van der Waals surface area contributed by atoms with Crippen molar-refractivity contribution in [3.8, 4) is 0 Å². The average molecular weight is 381 g/mol. The topological polar surface area (TPSA) is 35.5 Å². The molecule has 0 bridgehead atoms. The predicted octanol–water partition coefficient (Wildman–Crippen LogP) is 5.25. The Labute approximate surface area is 160 Å². The summed E-state index contributed by atoms with van der Waals surface area (Å²) in [5.41, 5.74) is 3.40. The van der Waals surface area contributed by atoms with Crippen LogP contribution in [0, 0.1) is 13.8 Å². The van der Waals surface area contributed by atoms with Crippen molar-refractivity contribution in [2.75, 3.05) is 5.75 Å². The minimum atomic E-state index is -0.466. The summed E-state index contributed by atoms with van der Waals surface area (Å²) in [5.74, 6) is 0.535.